The van der Waals surface area contributed by atoms with Gasteiger partial charge >= 0.3 is 0 Å². The van der Waals surface area contributed by atoms with Gasteiger partial charge < -0.3 is 9.88 Å². The summed E-state index contributed by atoms with van der Waals surface area (Å²) in [5, 5.41) is 11.8. The zero-order valence-corrected chi connectivity index (χ0v) is 10.9. The molecule has 20 heavy (non-hydrogen) atoms. The lowest BCUT2D eigenvalue weighted by molar-refractivity contribution is -0.384. The van der Waals surface area contributed by atoms with E-state index in [1.54, 1.807) is 12.1 Å². The second-order valence-electron chi connectivity index (χ2n) is 4.55. The van der Waals surface area contributed by atoms with Crippen molar-refractivity contribution in [3.63, 3.8) is 0 Å². The number of anilines is 2. The summed E-state index contributed by atoms with van der Waals surface area (Å²) in [5.74, 6) is 0. The predicted molar refractivity (Wildman–Crippen MR) is 79.5 cm³/mol. The molecule has 0 radical (unpaired) electrons. The second-order valence-corrected chi connectivity index (χ2v) is 4.55. The van der Waals surface area contributed by atoms with E-state index < -0.39 is 4.92 Å². The summed E-state index contributed by atoms with van der Waals surface area (Å²) in [4.78, 5) is 15.5. The second kappa shape index (κ2) is 4.70. The molecule has 0 aliphatic carbocycles. The first-order valence-corrected chi connectivity index (χ1v) is 6.21. The van der Waals surface area contributed by atoms with Gasteiger partial charge in [-0.1, -0.05) is 18.2 Å². The van der Waals surface area contributed by atoms with Crippen molar-refractivity contribution >= 4 is 28.0 Å². The molecule has 0 spiro atoms. The maximum absolute atomic E-state index is 10.7. The molecule has 3 aromatic rings. The third-order valence-electron chi connectivity index (χ3n) is 3.38. The standard InChI is InChI=1S/C15H13N3O2/c1-17(11-6-8-12(9-7-11)18(19)20)15-10-16-14-5-3-2-4-13(14)15/h2-10,16H,1H3. The summed E-state index contributed by atoms with van der Waals surface area (Å²) in [5.41, 5.74) is 3.10. The van der Waals surface area contributed by atoms with E-state index in [1.807, 2.05) is 42.4 Å². The van der Waals surface area contributed by atoms with Gasteiger partial charge in [-0.3, -0.25) is 10.1 Å². The van der Waals surface area contributed by atoms with Crippen molar-refractivity contribution in [2.24, 2.45) is 0 Å². The summed E-state index contributed by atoms with van der Waals surface area (Å²) in [7, 11) is 1.94. The largest absolute Gasteiger partial charge is 0.359 e. The van der Waals surface area contributed by atoms with Crippen LogP contribution in [0, 0.1) is 10.1 Å². The van der Waals surface area contributed by atoms with Crippen molar-refractivity contribution in [2.75, 3.05) is 11.9 Å². The Morgan fingerprint density at radius 2 is 1.80 bits per heavy atom. The SMILES string of the molecule is CN(c1ccc([N+](=O)[O-])cc1)c1c[nH]c2ccccc12. The Morgan fingerprint density at radius 3 is 2.50 bits per heavy atom. The quantitative estimate of drug-likeness (QED) is 0.579. The Balaban J connectivity index is 1.99. The summed E-state index contributed by atoms with van der Waals surface area (Å²) in [6.07, 6.45) is 1.94. The highest BCUT2D eigenvalue weighted by Crippen LogP contribution is 2.31. The fraction of sp³-hybridized carbons (Fsp3) is 0.0667. The van der Waals surface area contributed by atoms with Crippen LogP contribution < -0.4 is 4.90 Å². The van der Waals surface area contributed by atoms with Crippen LogP contribution >= 0.6 is 0 Å². The molecule has 0 saturated heterocycles. The molecule has 0 atom stereocenters. The minimum absolute atomic E-state index is 0.0982. The Morgan fingerprint density at radius 1 is 1.10 bits per heavy atom. The summed E-state index contributed by atoms with van der Waals surface area (Å²) in [6.45, 7) is 0. The van der Waals surface area contributed by atoms with Crippen molar-refractivity contribution in [3.8, 4) is 0 Å². The number of rotatable bonds is 3. The van der Waals surface area contributed by atoms with Crippen molar-refractivity contribution in [1.29, 1.82) is 0 Å². The Kier molecular flexibility index (Phi) is 2.87. The number of fused-ring (bicyclic) bond motifs is 1. The fourth-order valence-corrected chi connectivity index (χ4v) is 2.27. The Hall–Kier alpha value is -2.82. The molecule has 0 unspecified atom stereocenters. The molecule has 100 valence electrons. The normalized spacial score (nSPS) is 10.7. The van der Waals surface area contributed by atoms with Gasteiger partial charge in [-0.2, -0.15) is 0 Å². The highest BCUT2D eigenvalue weighted by molar-refractivity contribution is 5.94. The highest BCUT2D eigenvalue weighted by atomic mass is 16.6. The molecule has 0 amide bonds. The van der Waals surface area contributed by atoms with Gasteiger partial charge in [-0.25, -0.2) is 0 Å². The fourth-order valence-electron chi connectivity index (χ4n) is 2.27. The Bertz CT molecular complexity index is 762. The lowest BCUT2D eigenvalue weighted by Crippen LogP contribution is -2.08. The van der Waals surface area contributed by atoms with E-state index in [0.29, 0.717) is 0 Å². The molecular weight excluding hydrogens is 254 g/mol. The van der Waals surface area contributed by atoms with Gasteiger partial charge in [0.15, 0.2) is 0 Å². The molecule has 0 fully saturated rings. The first-order chi connectivity index (χ1) is 9.66. The minimum atomic E-state index is -0.393. The Labute approximate surface area is 115 Å². The third kappa shape index (κ3) is 1.99. The minimum Gasteiger partial charge on any atom is -0.359 e. The van der Waals surface area contributed by atoms with Crippen LogP contribution in [0.3, 0.4) is 0 Å². The number of aromatic amines is 1. The van der Waals surface area contributed by atoms with E-state index in [9.17, 15) is 10.1 Å². The molecule has 5 heteroatoms. The smallest absolute Gasteiger partial charge is 0.269 e. The van der Waals surface area contributed by atoms with Gasteiger partial charge in [-0.05, 0) is 18.2 Å². The summed E-state index contributed by atoms with van der Waals surface area (Å²) in [6, 6.07) is 14.6. The lowest BCUT2D eigenvalue weighted by atomic mass is 10.2. The number of para-hydroxylation sites is 1. The zero-order chi connectivity index (χ0) is 14.1. The molecule has 1 heterocycles. The van der Waals surface area contributed by atoms with Gasteiger partial charge in [0, 0.05) is 42.0 Å². The molecule has 0 saturated carbocycles. The molecule has 3 rings (SSSR count). The maximum Gasteiger partial charge on any atom is 0.269 e. The van der Waals surface area contributed by atoms with Gasteiger partial charge in [0.2, 0.25) is 0 Å². The number of non-ortho nitro benzene ring substituents is 1. The van der Waals surface area contributed by atoms with Crippen LogP contribution in [0.15, 0.2) is 54.7 Å². The molecular formula is C15H13N3O2. The lowest BCUT2D eigenvalue weighted by Gasteiger charge is -2.18. The van der Waals surface area contributed by atoms with Gasteiger partial charge in [-0.15, -0.1) is 0 Å². The van der Waals surface area contributed by atoms with Crippen molar-refractivity contribution < 1.29 is 4.92 Å². The van der Waals surface area contributed by atoms with E-state index in [0.717, 1.165) is 22.3 Å². The van der Waals surface area contributed by atoms with E-state index in [1.165, 1.54) is 12.1 Å². The van der Waals surface area contributed by atoms with Crippen LogP contribution in [0.5, 0.6) is 0 Å². The average Bonchev–Trinajstić information content (AvgIpc) is 2.90. The first-order valence-electron chi connectivity index (χ1n) is 6.21. The molecule has 2 aromatic carbocycles. The summed E-state index contributed by atoms with van der Waals surface area (Å²) < 4.78 is 0. The van der Waals surface area contributed by atoms with Gasteiger partial charge in [0.1, 0.15) is 0 Å². The number of aromatic nitrogens is 1. The predicted octanol–water partition coefficient (Wildman–Crippen LogP) is 3.84. The number of nitro groups is 1. The third-order valence-corrected chi connectivity index (χ3v) is 3.38. The molecule has 5 nitrogen and oxygen atoms in total. The topological polar surface area (TPSA) is 62.2 Å². The molecule has 1 aromatic heterocycles. The number of hydrogen-bond donors (Lipinski definition) is 1. The van der Waals surface area contributed by atoms with Crippen LogP contribution in [0.1, 0.15) is 0 Å². The molecule has 0 aliphatic heterocycles. The number of nitrogens with one attached hydrogen (secondary N) is 1. The van der Waals surface area contributed by atoms with Crippen molar-refractivity contribution in [2.45, 2.75) is 0 Å². The molecule has 1 N–H and O–H groups in total. The number of H-pyrrole nitrogens is 1. The van der Waals surface area contributed by atoms with Crippen molar-refractivity contribution in [1.82, 2.24) is 4.98 Å². The number of nitrogens with zero attached hydrogens (tertiary/aromatic N) is 2. The van der Waals surface area contributed by atoms with Crippen LogP contribution in [-0.2, 0) is 0 Å². The van der Waals surface area contributed by atoms with Crippen molar-refractivity contribution in [3.05, 3.63) is 64.8 Å². The van der Waals surface area contributed by atoms with Crippen LogP contribution in [-0.4, -0.2) is 17.0 Å². The molecule has 0 aliphatic rings. The number of nitro benzene ring substituents is 1. The number of benzene rings is 2. The highest BCUT2D eigenvalue weighted by Gasteiger charge is 2.11. The summed E-state index contributed by atoms with van der Waals surface area (Å²) >= 11 is 0. The van der Waals surface area contributed by atoms with E-state index in [4.69, 9.17) is 0 Å². The maximum atomic E-state index is 10.7. The van der Waals surface area contributed by atoms with E-state index >= 15 is 0 Å². The van der Waals surface area contributed by atoms with Crippen LogP contribution in [0.2, 0.25) is 0 Å². The van der Waals surface area contributed by atoms with Gasteiger partial charge in [0.05, 0.1) is 10.6 Å². The number of hydrogen-bond acceptors (Lipinski definition) is 3. The molecule has 0 bridgehead atoms. The zero-order valence-electron chi connectivity index (χ0n) is 10.9. The first kappa shape index (κ1) is 12.2. The van der Waals surface area contributed by atoms with E-state index in [-0.39, 0.29) is 5.69 Å². The van der Waals surface area contributed by atoms with Crippen LogP contribution in [0.25, 0.3) is 10.9 Å². The van der Waals surface area contributed by atoms with Crippen LogP contribution in [0.4, 0.5) is 17.1 Å². The van der Waals surface area contributed by atoms with E-state index in [2.05, 4.69) is 4.98 Å². The monoisotopic (exact) mass is 267 g/mol. The van der Waals surface area contributed by atoms with Gasteiger partial charge in [0.25, 0.3) is 5.69 Å². The average molecular weight is 267 g/mol.